The Morgan fingerprint density at radius 3 is 2.83 bits per heavy atom. The van der Waals surface area contributed by atoms with Crippen molar-refractivity contribution in [1.82, 2.24) is 15.6 Å². The van der Waals surface area contributed by atoms with Gasteiger partial charge in [0.05, 0.1) is 25.0 Å². The minimum absolute atomic E-state index is 0.0821. The molecule has 2 N–H and O–H groups in total. The minimum atomic E-state index is 0.0821. The van der Waals surface area contributed by atoms with Gasteiger partial charge in [0.25, 0.3) is 0 Å². The number of anilines is 1. The standard InChI is InChI=1S/C22H33N5OS/c1-22(2,3)19-15-29-20(26-19)13-24-21(23-4)25-16-9-8-12-27(14-16)17-10-6-7-11-18(17)28-5/h6-7,10-11,15-16H,8-9,12-14H2,1-5H3,(H2,23,24,25). The number of para-hydroxylation sites is 2. The molecule has 0 radical (unpaired) electrons. The van der Waals surface area contributed by atoms with Crippen molar-refractivity contribution in [1.29, 1.82) is 0 Å². The van der Waals surface area contributed by atoms with E-state index in [2.05, 4.69) is 58.8 Å². The molecule has 0 saturated carbocycles. The third-order valence-corrected chi connectivity index (χ3v) is 5.99. The summed E-state index contributed by atoms with van der Waals surface area (Å²) in [7, 11) is 3.55. The second-order valence-electron chi connectivity index (χ2n) is 8.40. The number of nitrogens with one attached hydrogen (secondary N) is 2. The van der Waals surface area contributed by atoms with Gasteiger partial charge in [-0.25, -0.2) is 4.98 Å². The van der Waals surface area contributed by atoms with E-state index >= 15 is 0 Å². The van der Waals surface area contributed by atoms with Crippen LogP contribution in [0.1, 0.15) is 44.3 Å². The molecule has 1 saturated heterocycles. The fourth-order valence-electron chi connectivity index (χ4n) is 3.49. The Morgan fingerprint density at radius 2 is 2.14 bits per heavy atom. The van der Waals surface area contributed by atoms with Gasteiger partial charge in [0.1, 0.15) is 10.8 Å². The zero-order chi connectivity index (χ0) is 20.9. The van der Waals surface area contributed by atoms with Gasteiger partial charge in [0.15, 0.2) is 5.96 Å². The smallest absolute Gasteiger partial charge is 0.191 e. The summed E-state index contributed by atoms with van der Waals surface area (Å²) in [4.78, 5) is 11.6. The molecule has 6 nitrogen and oxygen atoms in total. The number of guanidine groups is 1. The number of nitrogens with zero attached hydrogens (tertiary/aromatic N) is 3. The summed E-state index contributed by atoms with van der Waals surface area (Å²) in [6.45, 7) is 9.22. The van der Waals surface area contributed by atoms with Crippen LogP contribution in [0.5, 0.6) is 5.75 Å². The highest BCUT2D eigenvalue weighted by Crippen LogP contribution is 2.30. The van der Waals surface area contributed by atoms with E-state index in [-0.39, 0.29) is 5.41 Å². The molecule has 3 rings (SSSR count). The summed E-state index contributed by atoms with van der Waals surface area (Å²) in [5.74, 6) is 1.75. The van der Waals surface area contributed by atoms with Crippen molar-refractivity contribution < 1.29 is 4.74 Å². The summed E-state index contributed by atoms with van der Waals surface area (Å²) in [5.41, 5.74) is 2.38. The number of piperidine rings is 1. The number of aromatic nitrogens is 1. The van der Waals surface area contributed by atoms with Gasteiger partial charge in [-0.05, 0) is 25.0 Å². The van der Waals surface area contributed by atoms with Crippen LogP contribution in [0.3, 0.4) is 0 Å². The van der Waals surface area contributed by atoms with E-state index in [1.54, 1.807) is 18.4 Å². The predicted octanol–water partition coefficient (Wildman–Crippen LogP) is 3.78. The first-order chi connectivity index (χ1) is 13.9. The maximum absolute atomic E-state index is 5.55. The average Bonchev–Trinajstić information content (AvgIpc) is 3.21. The van der Waals surface area contributed by atoms with Crippen LogP contribution in [-0.2, 0) is 12.0 Å². The quantitative estimate of drug-likeness (QED) is 0.575. The Labute approximate surface area is 178 Å². The zero-order valence-corrected chi connectivity index (χ0v) is 19.0. The van der Waals surface area contributed by atoms with Crippen LogP contribution in [0.15, 0.2) is 34.6 Å². The normalized spacial score (nSPS) is 17.9. The van der Waals surface area contributed by atoms with Gasteiger partial charge in [0.2, 0.25) is 0 Å². The molecule has 0 aliphatic carbocycles. The van der Waals surface area contributed by atoms with E-state index in [9.17, 15) is 0 Å². The molecule has 1 fully saturated rings. The number of methoxy groups -OCH3 is 1. The van der Waals surface area contributed by atoms with Gasteiger partial charge in [-0.2, -0.15) is 0 Å². The van der Waals surface area contributed by atoms with Crippen molar-refractivity contribution in [3.8, 4) is 5.75 Å². The van der Waals surface area contributed by atoms with E-state index in [1.165, 1.54) is 0 Å². The summed E-state index contributed by atoms with van der Waals surface area (Å²) in [6, 6.07) is 8.56. The molecule has 1 aromatic heterocycles. The van der Waals surface area contributed by atoms with Crippen molar-refractivity contribution in [2.24, 2.45) is 4.99 Å². The lowest BCUT2D eigenvalue weighted by Gasteiger charge is -2.36. The van der Waals surface area contributed by atoms with Gasteiger partial charge in [-0.3, -0.25) is 4.99 Å². The van der Waals surface area contributed by atoms with Crippen molar-refractivity contribution in [3.63, 3.8) is 0 Å². The molecule has 1 aliphatic rings. The largest absolute Gasteiger partial charge is 0.495 e. The molecule has 2 heterocycles. The molecular formula is C22H33N5OS. The number of benzene rings is 1. The minimum Gasteiger partial charge on any atom is -0.495 e. The van der Waals surface area contributed by atoms with Crippen molar-refractivity contribution in [2.75, 3.05) is 32.1 Å². The van der Waals surface area contributed by atoms with Crippen LogP contribution in [0, 0.1) is 0 Å². The first-order valence-electron chi connectivity index (χ1n) is 10.2. The van der Waals surface area contributed by atoms with E-state index < -0.39 is 0 Å². The molecule has 1 aromatic carbocycles. The number of aliphatic imine (C=N–C) groups is 1. The lowest BCUT2D eigenvalue weighted by Crippen LogP contribution is -2.51. The molecule has 0 bridgehead atoms. The van der Waals surface area contributed by atoms with Crippen LogP contribution < -0.4 is 20.3 Å². The molecule has 0 amide bonds. The van der Waals surface area contributed by atoms with Gasteiger partial charge < -0.3 is 20.3 Å². The summed E-state index contributed by atoms with van der Waals surface area (Å²) in [6.07, 6.45) is 2.26. The maximum atomic E-state index is 5.55. The molecule has 7 heteroatoms. The van der Waals surface area contributed by atoms with Crippen LogP contribution in [0.2, 0.25) is 0 Å². The first-order valence-corrected chi connectivity index (χ1v) is 11.1. The maximum Gasteiger partial charge on any atom is 0.191 e. The van der Waals surface area contributed by atoms with Crippen LogP contribution in [0.4, 0.5) is 5.69 Å². The van der Waals surface area contributed by atoms with Crippen molar-refractivity contribution in [3.05, 3.63) is 40.3 Å². The highest BCUT2D eigenvalue weighted by atomic mass is 32.1. The van der Waals surface area contributed by atoms with Crippen LogP contribution in [-0.4, -0.2) is 44.2 Å². The third kappa shape index (κ3) is 5.63. The van der Waals surface area contributed by atoms with Crippen LogP contribution >= 0.6 is 11.3 Å². The molecule has 1 unspecified atom stereocenters. The van der Waals surface area contributed by atoms with Crippen molar-refractivity contribution >= 4 is 23.0 Å². The summed E-state index contributed by atoms with van der Waals surface area (Å²) < 4.78 is 5.55. The Balaban J connectivity index is 1.57. The van der Waals surface area contributed by atoms with Gasteiger partial charge >= 0.3 is 0 Å². The number of hydrogen-bond acceptors (Lipinski definition) is 5. The SMILES string of the molecule is CN=C(NCc1nc(C(C)(C)C)cs1)NC1CCCN(c2ccccc2OC)C1. The highest BCUT2D eigenvalue weighted by Gasteiger charge is 2.23. The number of thiazole rings is 1. The summed E-state index contributed by atoms with van der Waals surface area (Å²) >= 11 is 1.70. The highest BCUT2D eigenvalue weighted by molar-refractivity contribution is 7.09. The fraction of sp³-hybridized carbons (Fsp3) is 0.545. The monoisotopic (exact) mass is 415 g/mol. The lowest BCUT2D eigenvalue weighted by molar-refractivity contribution is 0.408. The Hall–Kier alpha value is -2.28. The van der Waals surface area contributed by atoms with Crippen LogP contribution in [0.25, 0.3) is 0 Å². The first kappa shape index (κ1) is 21.4. The van der Waals surface area contributed by atoms with Gasteiger partial charge in [-0.1, -0.05) is 32.9 Å². The Morgan fingerprint density at radius 1 is 1.34 bits per heavy atom. The summed E-state index contributed by atoms with van der Waals surface area (Å²) in [5, 5.41) is 10.2. The van der Waals surface area contributed by atoms with E-state index in [0.29, 0.717) is 12.6 Å². The molecule has 29 heavy (non-hydrogen) atoms. The number of rotatable bonds is 5. The predicted molar refractivity (Wildman–Crippen MR) is 122 cm³/mol. The van der Waals surface area contributed by atoms with Crippen molar-refractivity contribution in [2.45, 2.75) is 51.6 Å². The second kappa shape index (κ2) is 9.48. The topological polar surface area (TPSA) is 61.8 Å². The average molecular weight is 416 g/mol. The molecule has 1 aliphatic heterocycles. The zero-order valence-electron chi connectivity index (χ0n) is 18.2. The Kier molecular flexibility index (Phi) is 7.00. The van der Waals surface area contributed by atoms with Gasteiger partial charge in [-0.15, -0.1) is 11.3 Å². The lowest BCUT2D eigenvalue weighted by atomic mass is 9.93. The van der Waals surface area contributed by atoms with Gasteiger partial charge in [0, 0.05) is 37.0 Å². The van der Waals surface area contributed by atoms with E-state index in [1.807, 2.05) is 19.2 Å². The molecule has 2 aromatic rings. The van der Waals surface area contributed by atoms with E-state index in [0.717, 1.165) is 54.0 Å². The number of ether oxygens (including phenoxy) is 1. The molecule has 158 valence electrons. The van der Waals surface area contributed by atoms with E-state index in [4.69, 9.17) is 9.72 Å². The number of hydrogen-bond donors (Lipinski definition) is 2. The fourth-order valence-corrected chi connectivity index (χ4v) is 4.45. The Bertz CT molecular complexity index is 827. The molecule has 0 spiro atoms. The third-order valence-electron chi connectivity index (χ3n) is 5.14. The molecule has 1 atom stereocenters. The second-order valence-corrected chi connectivity index (χ2v) is 9.35. The molecular weight excluding hydrogens is 382 g/mol.